The quantitative estimate of drug-likeness (QED) is 0.250. The largest absolute Gasteiger partial charge is 0.487 e. The number of hydrogen-bond acceptors (Lipinski definition) is 5. The number of carbonyl (C=O) groups is 1. The van der Waals surface area contributed by atoms with Crippen LogP contribution in [0.1, 0.15) is 54.3 Å². The number of ether oxygens (including phenoxy) is 1. The number of aromatic nitrogens is 1. The molecular formula is C26H30N4O3. The molecule has 0 saturated carbocycles. The number of carboxylic acids is 1. The maximum atomic E-state index is 12.4. The first-order chi connectivity index (χ1) is 15.9. The predicted molar refractivity (Wildman–Crippen MR) is 130 cm³/mol. The second-order valence-corrected chi connectivity index (χ2v) is 7.79. The van der Waals surface area contributed by atoms with E-state index in [9.17, 15) is 9.90 Å². The van der Waals surface area contributed by atoms with Gasteiger partial charge in [-0.15, -0.1) is 0 Å². The first-order valence-electron chi connectivity index (χ1n) is 11.0. The van der Waals surface area contributed by atoms with Crippen LogP contribution in [0.25, 0.3) is 0 Å². The van der Waals surface area contributed by atoms with Crippen LogP contribution in [0.3, 0.4) is 0 Å². The van der Waals surface area contributed by atoms with E-state index in [1.807, 2.05) is 31.2 Å². The molecule has 0 fully saturated rings. The van der Waals surface area contributed by atoms with E-state index >= 15 is 0 Å². The highest BCUT2D eigenvalue weighted by molar-refractivity contribution is 5.95. The van der Waals surface area contributed by atoms with E-state index in [4.69, 9.17) is 15.9 Å². The zero-order valence-corrected chi connectivity index (χ0v) is 19.0. The number of amidine groups is 1. The molecule has 7 nitrogen and oxygen atoms in total. The second kappa shape index (κ2) is 11.1. The third-order valence-corrected chi connectivity index (χ3v) is 5.34. The molecule has 172 valence electrons. The van der Waals surface area contributed by atoms with Gasteiger partial charge in [0.1, 0.15) is 18.2 Å². The molecule has 0 aliphatic rings. The standard InChI is InChI=1S/C26H30N4O3/c1-3-7-19-14-17(4-2)15-22(24(19)33-16-21-8-5-6-13-29-21)23(26(31)32)30-20-11-9-18(10-12-20)25(27)28/h5-6,8-15,23,30H,3-4,7,16H2,1-2H3,(H3,27,28)(H,31,32). The van der Waals surface area contributed by atoms with Crippen molar-refractivity contribution in [2.75, 3.05) is 5.32 Å². The number of nitrogens with two attached hydrogens (primary N) is 1. The summed E-state index contributed by atoms with van der Waals surface area (Å²) in [5.74, 6) is -0.467. The van der Waals surface area contributed by atoms with Gasteiger partial charge in [-0.3, -0.25) is 10.4 Å². The fourth-order valence-electron chi connectivity index (χ4n) is 3.65. The SMILES string of the molecule is CCCc1cc(CC)cc(C(Nc2ccc(C(=N)N)cc2)C(=O)O)c1OCc1ccccn1. The summed E-state index contributed by atoms with van der Waals surface area (Å²) >= 11 is 0. The summed E-state index contributed by atoms with van der Waals surface area (Å²) in [6, 6.07) is 15.4. The molecule has 0 spiro atoms. The number of carboxylic acid groups (broad SMARTS) is 1. The van der Waals surface area contributed by atoms with Gasteiger partial charge in [-0.05, 0) is 66.4 Å². The Kier molecular flexibility index (Phi) is 8.02. The number of rotatable bonds is 11. The average Bonchev–Trinajstić information content (AvgIpc) is 2.82. The first kappa shape index (κ1) is 23.8. The first-order valence-corrected chi connectivity index (χ1v) is 11.0. The molecule has 3 aromatic rings. The topological polar surface area (TPSA) is 121 Å². The summed E-state index contributed by atoms with van der Waals surface area (Å²) < 4.78 is 6.22. The molecule has 33 heavy (non-hydrogen) atoms. The fourth-order valence-corrected chi connectivity index (χ4v) is 3.65. The Labute approximate surface area is 194 Å². The predicted octanol–water partition coefficient (Wildman–Crippen LogP) is 4.70. The van der Waals surface area contributed by atoms with Crippen LogP contribution in [-0.2, 0) is 24.2 Å². The summed E-state index contributed by atoms with van der Waals surface area (Å²) in [6.07, 6.45) is 4.17. The van der Waals surface area contributed by atoms with Crippen LogP contribution in [0.5, 0.6) is 5.75 Å². The van der Waals surface area contributed by atoms with Gasteiger partial charge >= 0.3 is 5.97 Å². The third kappa shape index (κ3) is 6.10. The van der Waals surface area contributed by atoms with E-state index in [-0.39, 0.29) is 12.4 Å². The van der Waals surface area contributed by atoms with Crippen LogP contribution < -0.4 is 15.8 Å². The molecule has 0 saturated heterocycles. The van der Waals surface area contributed by atoms with Crippen LogP contribution in [0, 0.1) is 5.41 Å². The van der Waals surface area contributed by atoms with E-state index in [0.717, 1.165) is 36.1 Å². The molecule has 1 atom stereocenters. The minimum Gasteiger partial charge on any atom is -0.487 e. The van der Waals surface area contributed by atoms with Crippen molar-refractivity contribution >= 4 is 17.5 Å². The lowest BCUT2D eigenvalue weighted by Gasteiger charge is -2.23. The molecule has 0 aliphatic carbocycles. The van der Waals surface area contributed by atoms with Crippen LogP contribution >= 0.6 is 0 Å². The van der Waals surface area contributed by atoms with Crippen LogP contribution in [-0.4, -0.2) is 21.9 Å². The van der Waals surface area contributed by atoms with Gasteiger partial charge in [0, 0.05) is 23.0 Å². The van der Waals surface area contributed by atoms with Gasteiger partial charge in [0.25, 0.3) is 0 Å². The van der Waals surface area contributed by atoms with Crippen LogP contribution in [0.15, 0.2) is 60.8 Å². The number of aryl methyl sites for hydroxylation is 2. The molecule has 0 aliphatic heterocycles. The van der Waals surface area contributed by atoms with Crippen molar-refractivity contribution in [3.63, 3.8) is 0 Å². The highest BCUT2D eigenvalue weighted by Crippen LogP contribution is 2.35. The third-order valence-electron chi connectivity index (χ3n) is 5.34. The van der Waals surface area contributed by atoms with Crippen molar-refractivity contribution in [1.29, 1.82) is 5.41 Å². The van der Waals surface area contributed by atoms with Gasteiger partial charge in [-0.2, -0.15) is 0 Å². The van der Waals surface area contributed by atoms with Crippen molar-refractivity contribution in [2.45, 2.75) is 45.8 Å². The van der Waals surface area contributed by atoms with E-state index < -0.39 is 12.0 Å². The number of hydrogen-bond donors (Lipinski definition) is 4. The minimum absolute atomic E-state index is 0.0404. The number of anilines is 1. The summed E-state index contributed by atoms with van der Waals surface area (Å²) in [5, 5.41) is 20.8. The molecule has 0 amide bonds. The molecule has 3 rings (SSSR count). The Morgan fingerprint density at radius 3 is 2.52 bits per heavy atom. The van der Waals surface area contributed by atoms with Crippen LogP contribution in [0.4, 0.5) is 5.69 Å². The molecule has 1 unspecified atom stereocenters. The number of pyridine rings is 1. The minimum atomic E-state index is -1.02. The molecule has 1 heterocycles. The monoisotopic (exact) mass is 446 g/mol. The summed E-state index contributed by atoms with van der Waals surface area (Å²) in [5.41, 5.74) is 10.1. The lowest BCUT2D eigenvalue weighted by Crippen LogP contribution is -2.22. The van der Waals surface area contributed by atoms with E-state index in [1.165, 1.54) is 0 Å². The number of aliphatic carboxylic acids is 1. The Morgan fingerprint density at radius 2 is 1.94 bits per heavy atom. The summed E-state index contributed by atoms with van der Waals surface area (Å²) in [4.78, 5) is 16.7. The van der Waals surface area contributed by atoms with E-state index in [1.54, 1.807) is 30.5 Å². The van der Waals surface area contributed by atoms with Gasteiger partial charge in [-0.1, -0.05) is 32.4 Å². The van der Waals surface area contributed by atoms with Gasteiger partial charge < -0.3 is 20.9 Å². The Bertz CT molecular complexity index is 1100. The van der Waals surface area contributed by atoms with E-state index in [0.29, 0.717) is 22.6 Å². The lowest BCUT2D eigenvalue weighted by molar-refractivity contribution is -0.138. The Morgan fingerprint density at radius 1 is 1.18 bits per heavy atom. The molecule has 2 aromatic carbocycles. The molecule has 5 N–H and O–H groups in total. The Hall–Kier alpha value is -3.87. The molecule has 0 bridgehead atoms. The number of nitrogens with one attached hydrogen (secondary N) is 2. The van der Waals surface area contributed by atoms with Crippen molar-refractivity contribution in [1.82, 2.24) is 4.98 Å². The second-order valence-electron chi connectivity index (χ2n) is 7.79. The number of nitrogens with zero attached hydrogens (tertiary/aromatic N) is 1. The number of nitrogen functional groups attached to an aromatic ring is 1. The number of benzene rings is 2. The van der Waals surface area contributed by atoms with Gasteiger partial charge in [0.15, 0.2) is 6.04 Å². The van der Waals surface area contributed by atoms with Crippen molar-refractivity contribution < 1.29 is 14.6 Å². The lowest BCUT2D eigenvalue weighted by atomic mass is 9.95. The van der Waals surface area contributed by atoms with Gasteiger partial charge in [-0.25, -0.2) is 4.79 Å². The zero-order chi connectivity index (χ0) is 23.8. The molecule has 1 aromatic heterocycles. The molecular weight excluding hydrogens is 416 g/mol. The summed E-state index contributed by atoms with van der Waals surface area (Å²) in [7, 11) is 0. The maximum Gasteiger partial charge on any atom is 0.330 e. The zero-order valence-electron chi connectivity index (χ0n) is 19.0. The average molecular weight is 447 g/mol. The molecule has 0 radical (unpaired) electrons. The highest BCUT2D eigenvalue weighted by Gasteiger charge is 2.26. The highest BCUT2D eigenvalue weighted by atomic mass is 16.5. The van der Waals surface area contributed by atoms with Crippen molar-refractivity contribution in [3.8, 4) is 5.75 Å². The summed E-state index contributed by atoms with van der Waals surface area (Å²) in [6.45, 7) is 4.38. The van der Waals surface area contributed by atoms with Gasteiger partial charge in [0.2, 0.25) is 0 Å². The van der Waals surface area contributed by atoms with E-state index in [2.05, 4.69) is 23.3 Å². The maximum absolute atomic E-state index is 12.4. The molecule has 7 heteroatoms. The Balaban J connectivity index is 2.02. The normalized spacial score (nSPS) is 11.6. The van der Waals surface area contributed by atoms with Crippen LogP contribution in [0.2, 0.25) is 0 Å². The van der Waals surface area contributed by atoms with Gasteiger partial charge in [0.05, 0.1) is 5.69 Å². The smallest absolute Gasteiger partial charge is 0.330 e. The fraction of sp³-hybridized carbons (Fsp3) is 0.269. The van der Waals surface area contributed by atoms with Crippen molar-refractivity contribution in [3.05, 3.63) is 88.7 Å². The van der Waals surface area contributed by atoms with Crippen molar-refractivity contribution in [2.24, 2.45) is 5.73 Å².